The van der Waals surface area contributed by atoms with Crippen LogP contribution in [-0.2, 0) is 65.6 Å². The van der Waals surface area contributed by atoms with E-state index in [1.165, 1.54) is 11.8 Å². The van der Waals surface area contributed by atoms with Gasteiger partial charge in [-0.2, -0.15) is 11.8 Å². The topological polar surface area (TPSA) is 592 Å². The van der Waals surface area contributed by atoms with E-state index in [4.69, 9.17) is 56.7 Å². The van der Waals surface area contributed by atoms with Crippen LogP contribution in [0.2, 0.25) is 0 Å². The van der Waals surface area contributed by atoms with Crippen LogP contribution in [0.1, 0.15) is 127 Å². The highest BCUT2D eigenvalue weighted by Crippen LogP contribution is 2.20. The molecule has 0 aliphatic heterocycles. The number of primary amides is 2. The average Bonchev–Trinajstić information content (AvgIpc) is 1.63. The number of rotatable bonds is 50. The molecule has 0 spiro atoms. The highest BCUT2D eigenvalue weighted by molar-refractivity contribution is 7.98. The van der Waals surface area contributed by atoms with Crippen molar-refractivity contribution in [3.63, 3.8) is 0 Å². The van der Waals surface area contributed by atoms with Gasteiger partial charge in [-0.25, -0.2) is 0 Å². The zero-order chi connectivity index (χ0) is 72.5. The minimum absolute atomic E-state index is 0.00905. The first kappa shape index (κ1) is 83.1. The number of unbranched alkanes of at least 4 members (excludes halogenated alkanes) is 3. The van der Waals surface area contributed by atoms with Crippen molar-refractivity contribution in [1.29, 1.82) is 10.8 Å². The van der Waals surface area contributed by atoms with Gasteiger partial charge in [0.2, 0.25) is 65.0 Å². The first-order valence-electron chi connectivity index (χ1n) is 33.2. The van der Waals surface area contributed by atoms with Crippen molar-refractivity contribution in [3.8, 4) is 0 Å². The summed E-state index contributed by atoms with van der Waals surface area (Å²) in [5.74, 6) is -9.77. The number of nitrogens with two attached hydrogens (primary N) is 8. The van der Waals surface area contributed by atoms with Gasteiger partial charge in [-0.3, -0.25) is 63.6 Å². The van der Waals surface area contributed by atoms with Gasteiger partial charge in [-0.15, -0.1) is 0 Å². The van der Waals surface area contributed by atoms with Gasteiger partial charge < -0.3 is 109 Å². The van der Waals surface area contributed by atoms with Crippen molar-refractivity contribution < 1.29 is 52.7 Å². The van der Waals surface area contributed by atoms with E-state index in [0.717, 1.165) is 16.5 Å². The van der Waals surface area contributed by atoms with Gasteiger partial charge >= 0.3 is 0 Å². The van der Waals surface area contributed by atoms with Crippen LogP contribution in [0.3, 0.4) is 0 Å². The van der Waals surface area contributed by atoms with E-state index in [9.17, 15) is 52.7 Å². The maximum atomic E-state index is 14.9. The van der Waals surface area contributed by atoms with Gasteiger partial charge in [0.15, 0.2) is 11.9 Å². The SMILES string of the molecule is CSCC[C@H](NC(=O)[C@H](CCCCN)NC(=O)[C@H](Cc1c[nH]c2ccccc12)NC(=O)[C@H](CCCCN)NC(=O)[C@@H](N)CCCCN)C(=O)N[C@@H](CCCNC(=N)N)C(=O)N[C@@H](CCCNC(=N)N)C(=O)N[C@@H](CC(N)=O)C(=O)N[C@@H](CCC(N)=O)C(=O)N[C@H](C)Cc1ccccc1. The molecule has 1 heterocycles. The Hall–Kier alpha value is -9.12. The van der Waals surface area contributed by atoms with E-state index in [1.54, 1.807) is 19.4 Å². The van der Waals surface area contributed by atoms with Gasteiger partial charge in [0.1, 0.15) is 48.3 Å². The lowest BCUT2D eigenvalue weighted by molar-refractivity contribution is -0.136. The number of carbonyl (C=O) groups excluding carboxylic acids is 11. The maximum Gasteiger partial charge on any atom is 0.243 e. The van der Waals surface area contributed by atoms with Gasteiger partial charge in [-0.1, -0.05) is 55.0 Å². The lowest BCUT2D eigenvalue weighted by Gasteiger charge is -2.28. The van der Waals surface area contributed by atoms with Gasteiger partial charge in [0, 0.05) is 49.1 Å². The molecular weight excluding hydrogens is 1280 g/mol. The Kier molecular flexibility index (Phi) is 39.1. The fourth-order valence-corrected chi connectivity index (χ4v) is 11.0. The molecule has 10 atom stereocenters. The third kappa shape index (κ3) is 32.3. The summed E-state index contributed by atoms with van der Waals surface area (Å²) in [6.45, 7) is 2.75. The number of hydrogen-bond acceptors (Lipinski definition) is 18. The molecule has 544 valence electrons. The zero-order valence-corrected chi connectivity index (χ0v) is 57.1. The number of fused-ring (bicyclic) bond motifs is 1. The molecule has 0 radical (unpaired) electrons. The summed E-state index contributed by atoms with van der Waals surface area (Å²) in [7, 11) is 0. The maximum absolute atomic E-state index is 14.9. The van der Waals surface area contributed by atoms with Crippen LogP contribution in [-0.4, -0.2) is 187 Å². The Labute approximate surface area is 576 Å². The predicted molar refractivity (Wildman–Crippen MR) is 375 cm³/mol. The summed E-state index contributed by atoms with van der Waals surface area (Å²) < 4.78 is 0. The summed E-state index contributed by atoms with van der Waals surface area (Å²) in [5, 5.41) is 45.6. The number of H-pyrrole nitrogens is 1. The number of para-hydroxylation sites is 1. The first-order valence-corrected chi connectivity index (χ1v) is 34.6. The zero-order valence-electron chi connectivity index (χ0n) is 56.2. The molecule has 1 aromatic heterocycles. The summed E-state index contributed by atoms with van der Waals surface area (Å²) in [4.78, 5) is 157. The quantitative estimate of drug-likeness (QED) is 0.0148. The van der Waals surface area contributed by atoms with Crippen molar-refractivity contribution in [2.24, 2.45) is 45.9 Å². The average molecular weight is 1390 g/mol. The fourth-order valence-electron chi connectivity index (χ4n) is 10.5. The number of aromatic amines is 1. The van der Waals surface area contributed by atoms with Crippen molar-refractivity contribution >= 4 is 99.6 Å². The third-order valence-corrected chi connectivity index (χ3v) is 16.4. The molecule has 0 aliphatic carbocycles. The largest absolute Gasteiger partial charge is 0.370 e. The van der Waals surface area contributed by atoms with Gasteiger partial charge in [0.05, 0.1) is 12.5 Å². The molecule has 0 saturated heterocycles. The number of benzene rings is 2. The number of amides is 11. The highest BCUT2D eigenvalue weighted by atomic mass is 32.2. The molecule has 34 heteroatoms. The van der Waals surface area contributed by atoms with Crippen molar-refractivity contribution in [2.75, 3.05) is 44.7 Å². The summed E-state index contributed by atoms with van der Waals surface area (Å²) in [5.41, 5.74) is 48.0. The fraction of sp³-hybridized carbons (Fsp3) is 0.578. The minimum atomic E-state index is -1.76. The summed E-state index contributed by atoms with van der Waals surface area (Å²) >= 11 is 1.34. The monoisotopic (exact) mass is 1390 g/mol. The van der Waals surface area contributed by atoms with E-state index in [1.807, 2.05) is 54.6 Å². The Morgan fingerprint density at radius 2 is 0.847 bits per heavy atom. The van der Waals surface area contributed by atoms with Crippen LogP contribution in [0.5, 0.6) is 0 Å². The molecule has 3 aromatic rings. The van der Waals surface area contributed by atoms with Gasteiger partial charge in [-0.05, 0) is 152 Å². The molecule has 0 aliphatic rings. The molecule has 0 bridgehead atoms. The van der Waals surface area contributed by atoms with Crippen molar-refractivity contribution in [2.45, 2.75) is 189 Å². The molecule has 0 fully saturated rings. The van der Waals surface area contributed by atoms with Crippen molar-refractivity contribution in [3.05, 3.63) is 71.9 Å². The van der Waals surface area contributed by atoms with E-state index in [0.29, 0.717) is 75.8 Å². The Morgan fingerprint density at radius 1 is 0.449 bits per heavy atom. The summed E-state index contributed by atoms with van der Waals surface area (Å²) in [6.07, 6.45) is 5.59. The predicted octanol–water partition coefficient (Wildman–Crippen LogP) is -3.53. The van der Waals surface area contributed by atoms with E-state index in [2.05, 4.69) is 63.5 Å². The smallest absolute Gasteiger partial charge is 0.243 e. The first-order chi connectivity index (χ1) is 46.8. The molecule has 98 heavy (non-hydrogen) atoms. The molecule has 3 rings (SSSR count). The molecule has 0 unspecified atom stereocenters. The van der Waals surface area contributed by atoms with Crippen LogP contribution in [0.4, 0.5) is 0 Å². The van der Waals surface area contributed by atoms with Crippen LogP contribution < -0.4 is 104 Å². The van der Waals surface area contributed by atoms with E-state index < -0.39 is 138 Å². The second-order valence-corrected chi connectivity index (χ2v) is 25.0. The Balaban J connectivity index is 2.01. The third-order valence-electron chi connectivity index (χ3n) is 15.8. The number of nitrogens with one attached hydrogen (secondary N) is 14. The Morgan fingerprint density at radius 3 is 1.32 bits per heavy atom. The second kappa shape index (κ2) is 46.2. The molecule has 0 saturated carbocycles. The van der Waals surface area contributed by atoms with E-state index >= 15 is 0 Å². The van der Waals surface area contributed by atoms with Crippen LogP contribution in [0.25, 0.3) is 10.9 Å². The number of carbonyl (C=O) groups is 11. The number of hydrogen-bond donors (Lipinski definition) is 22. The number of guanidine groups is 2. The second-order valence-electron chi connectivity index (χ2n) is 24.0. The van der Waals surface area contributed by atoms with Crippen molar-refractivity contribution in [1.82, 2.24) is 63.5 Å². The highest BCUT2D eigenvalue weighted by Gasteiger charge is 2.36. The lowest BCUT2D eigenvalue weighted by atomic mass is 10.0. The number of aromatic nitrogens is 1. The van der Waals surface area contributed by atoms with Crippen LogP contribution in [0, 0.1) is 10.8 Å². The Bertz CT molecular complexity index is 3070. The van der Waals surface area contributed by atoms with E-state index in [-0.39, 0.29) is 89.8 Å². The molecule has 2 aromatic carbocycles. The summed E-state index contributed by atoms with van der Waals surface area (Å²) in [6, 6.07) is 3.75. The minimum Gasteiger partial charge on any atom is -0.370 e. The van der Waals surface area contributed by atoms with Crippen LogP contribution in [0.15, 0.2) is 60.8 Å². The van der Waals surface area contributed by atoms with Crippen LogP contribution >= 0.6 is 11.8 Å². The van der Waals surface area contributed by atoms with Gasteiger partial charge in [0.25, 0.3) is 0 Å². The molecule has 11 amide bonds. The molecule has 33 nitrogen and oxygen atoms in total. The normalized spacial score (nSPS) is 14.1. The molecule has 30 N–H and O–H groups in total. The standard InChI is InChI=1S/C64H106N22O11S/c1-38(34-39-16-4-3-5-17-39)78-55(90)48(25-26-52(69)87)83-62(97)51(36-53(70)88)86-59(94)47(24-15-32-76-64(73)74)80-57(92)46(23-14-31-75-63(71)72)81-60(95)49(27-33-98-2)84-56(91)45(22-10-13-30-67)82-61(96)50(35-40-37-77-43-20-7-6-18-41(40)43)85-58(93)44(21-9-12-29-66)79-54(89)42(68)19-8-11-28-65/h3-7,16-18,20,37-38,42,44-51,77H,8-15,19,21-36,65-68H2,1-2H3,(H2,69,87)(H2,70,88)(H,78,90)(H,79,89)(H,80,92)(H,81,95)(H,82,96)(H,83,97)(H,84,91)(H,85,93)(H,86,94)(H4,71,72,75)(H4,73,74,76)/t38-,42+,44+,45+,46+,47+,48+,49+,50+,51+/m1/s1. The lowest BCUT2D eigenvalue weighted by Crippen LogP contribution is -2.61. The molecular formula is C64H106N22O11S. The number of thioether (sulfide) groups is 1.